The normalized spacial score (nSPS) is 12.5. The Morgan fingerprint density at radius 3 is 1.42 bits per heavy atom. The summed E-state index contributed by atoms with van der Waals surface area (Å²) in [5.41, 5.74) is -0.500. The molecule has 0 amide bonds. The molecule has 2 rings (SSSR count). The van der Waals surface area contributed by atoms with Gasteiger partial charge >= 0.3 is 0 Å². The molecule has 2 aromatic carbocycles. The second-order valence-corrected chi connectivity index (χ2v) is 12.3. The zero-order chi connectivity index (χ0) is 23.8. The zero-order valence-corrected chi connectivity index (χ0v) is 21.4. The Hall–Kier alpha value is -1.70. The van der Waals surface area contributed by atoms with E-state index < -0.39 is 12.8 Å². The summed E-state index contributed by atoms with van der Waals surface area (Å²) in [6.45, 7) is 2.18. The standard InChI is InChI=1S/C29H43O3P/c1-26(33(32,27-20-14-12-15-21-27)28-22-16-13-17-23-28)29(31)24-18-10-8-6-4-2-3-5-7-9-11-19-25-30/h12-17,20-23,26,30H,2-11,18-19,24-25H2,1H3. The fraction of sp³-hybridized carbons (Fsp3) is 0.552. The molecule has 0 aromatic heterocycles. The molecule has 0 aliphatic rings. The summed E-state index contributed by atoms with van der Waals surface area (Å²) in [6, 6.07) is 19.0. The van der Waals surface area contributed by atoms with Gasteiger partial charge in [0, 0.05) is 23.6 Å². The van der Waals surface area contributed by atoms with E-state index in [4.69, 9.17) is 5.11 Å². The number of rotatable bonds is 18. The van der Waals surface area contributed by atoms with Crippen LogP contribution < -0.4 is 10.6 Å². The lowest BCUT2D eigenvalue weighted by Crippen LogP contribution is -2.29. The summed E-state index contributed by atoms with van der Waals surface area (Å²) in [4.78, 5) is 13.1. The molecule has 0 spiro atoms. The van der Waals surface area contributed by atoms with Crippen LogP contribution in [0, 0.1) is 0 Å². The maximum Gasteiger partial charge on any atom is 0.153 e. The molecule has 1 unspecified atom stereocenters. The number of aliphatic hydroxyl groups is 1. The molecule has 0 heterocycles. The van der Waals surface area contributed by atoms with Crippen molar-refractivity contribution in [2.24, 2.45) is 0 Å². The predicted octanol–water partition coefficient (Wildman–Crippen LogP) is 7.02. The van der Waals surface area contributed by atoms with Crippen LogP contribution in [0.2, 0.25) is 0 Å². The SMILES string of the molecule is CC(C(=O)CCCCCCCCCCCCCCO)P(=O)(c1ccccc1)c1ccccc1. The van der Waals surface area contributed by atoms with E-state index in [1.165, 1.54) is 51.4 Å². The molecule has 0 aliphatic heterocycles. The van der Waals surface area contributed by atoms with E-state index in [-0.39, 0.29) is 5.78 Å². The Kier molecular flexibility index (Phi) is 13.4. The van der Waals surface area contributed by atoms with Crippen LogP contribution in [-0.2, 0) is 9.36 Å². The summed E-state index contributed by atoms with van der Waals surface area (Å²) in [5.74, 6) is 0.118. The average Bonchev–Trinajstić information content (AvgIpc) is 2.86. The number of carbonyl (C=O) groups excluding carboxylic acids is 1. The fourth-order valence-electron chi connectivity index (χ4n) is 4.49. The molecule has 1 N–H and O–H groups in total. The molecule has 3 nitrogen and oxygen atoms in total. The quantitative estimate of drug-likeness (QED) is 0.188. The van der Waals surface area contributed by atoms with Gasteiger partial charge in [-0.3, -0.25) is 4.79 Å². The highest BCUT2D eigenvalue weighted by Gasteiger charge is 2.37. The summed E-state index contributed by atoms with van der Waals surface area (Å²) < 4.78 is 14.3. The topological polar surface area (TPSA) is 54.4 Å². The average molecular weight is 471 g/mol. The highest BCUT2D eigenvalue weighted by atomic mass is 31.2. The van der Waals surface area contributed by atoms with Crippen molar-refractivity contribution >= 4 is 23.5 Å². The lowest BCUT2D eigenvalue weighted by molar-refractivity contribution is -0.118. The maximum atomic E-state index is 14.3. The van der Waals surface area contributed by atoms with Crippen molar-refractivity contribution in [2.45, 2.75) is 96.1 Å². The first-order chi connectivity index (χ1) is 16.1. The van der Waals surface area contributed by atoms with E-state index in [2.05, 4.69) is 0 Å². The first-order valence-corrected chi connectivity index (χ1v) is 14.7. The van der Waals surface area contributed by atoms with Crippen LogP contribution in [0.25, 0.3) is 0 Å². The Morgan fingerprint density at radius 1 is 0.667 bits per heavy atom. The molecule has 0 bridgehead atoms. The lowest BCUT2D eigenvalue weighted by atomic mass is 10.0. The third kappa shape index (κ3) is 9.22. The van der Waals surface area contributed by atoms with E-state index >= 15 is 0 Å². The van der Waals surface area contributed by atoms with Crippen molar-refractivity contribution in [3.8, 4) is 0 Å². The van der Waals surface area contributed by atoms with Gasteiger partial charge < -0.3 is 9.67 Å². The van der Waals surface area contributed by atoms with Gasteiger partial charge in [0.05, 0.1) is 5.66 Å². The maximum absolute atomic E-state index is 14.3. The van der Waals surface area contributed by atoms with E-state index in [0.29, 0.717) is 13.0 Å². The monoisotopic (exact) mass is 470 g/mol. The first-order valence-electron chi connectivity index (χ1n) is 12.9. The number of hydrogen-bond acceptors (Lipinski definition) is 3. The minimum atomic E-state index is -3.02. The molecule has 1 atom stereocenters. The van der Waals surface area contributed by atoms with Gasteiger partial charge in [0.25, 0.3) is 0 Å². The van der Waals surface area contributed by atoms with Gasteiger partial charge in [-0.15, -0.1) is 0 Å². The minimum absolute atomic E-state index is 0.118. The van der Waals surface area contributed by atoms with Crippen molar-refractivity contribution in [1.82, 2.24) is 0 Å². The van der Waals surface area contributed by atoms with E-state index in [1.54, 1.807) is 0 Å². The molecule has 0 fully saturated rings. The fourth-order valence-corrected chi connectivity index (χ4v) is 7.44. The molecule has 2 aromatic rings. The van der Waals surface area contributed by atoms with Gasteiger partial charge in [-0.05, 0) is 19.8 Å². The van der Waals surface area contributed by atoms with Crippen LogP contribution in [0.15, 0.2) is 60.7 Å². The number of hydrogen-bond donors (Lipinski definition) is 1. The summed E-state index contributed by atoms with van der Waals surface area (Å²) in [5, 5.41) is 10.3. The van der Waals surface area contributed by atoms with Crippen molar-refractivity contribution in [2.75, 3.05) is 6.61 Å². The number of unbranched alkanes of at least 4 members (excludes halogenated alkanes) is 11. The first kappa shape index (κ1) is 27.5. The minimum Gasteiger partial charge on any atom is -0.396 e. The van der Waals surface area contributed by atoms with E-state index in [0.717, 1.165) is 36.3 Å². The van der Waals surface area contributed by atoms with Gasteiger partial charge in [0.15, 0.2) is 7.14 Å². The smallest absolute Gasteiger partial charge is 0.153 e. The highest BCUT2D eigenvalue weighted by molar-refractivity contribution is 7.80. The number of carbonyl (C=O) groups is 1. The molecule has 0 aliphatic carbocycles. The Bertz CT molecular complexity index is 776. The van der Waals surface area contributed by atoms with Crippen molar-refractivity contribution in [3.63, 3.8) is 0 Å². The summed E-state index contributed by atoms with van der Waals surface area (Å²) in [7, 11) is -3.02. The Morgan fingerprint density at radius 2 is 1.03 bits per heavy atom. The summed E-state index contributed by atoms with van der Waals surface area (Å²) in [6.07, 6.45) is 14.7. The third-order valence-corrected chi connectivity index (χ3v) is 10.1. The molecule has 4 heteroatoms. The van der Waals surface area contributed by atoms with Gasteiger partial charge in [-0.1, -0.05) is 125 Å². The van der Waals surface area contributed by atoms with E-state index in [1.807, 2.05) is 67.6 Å². The number of aliphatic hydroxyl groups excluding tert-OH is 1. The number of benzene rings is 2. The number of ketones is 1. The van der Waals surface area contributed by atoms with Crippen molar-refractivity contribution in [1.29, 1.82) is 0 Å². The molecule has 33 heavy (non-hydrogen) atoms. The molecule has 0 saturated carbocycles. The molecule has 0 saturated heterocycles. The molecule has 0 radical (unpaired) electrons. The van der Waals surface area contributed by atoms with Crippen LogP contribution in [0.4, 0.5) is 0 Å². The highest BCUT2D eigenvalue weighted by Crippen LogP contribution is 2.49. The van der Waals surface area contributed by atoms with Crippen LogP contribution in [-0.4, -0.2) is 23.2 Å². The largest absolute Gasteiger partial charge is 0.396 e. The zero-order valence-electron chi connectivity index (χ0n) is 20.5. The van der Waals surface area contributed by atoms with Gasteiger partial charge in [-0.2, -0.15) is 0 Å². The van der Waals surface area contributed by atoms with Crippen LogP contribution in [0.5, 0.6) is 0 Å². The molecular formula is C29H43O3P. The molecule has 182 valence electrons. The Balaban J connectivity index is 1.71. The number of Topliss-reactive ketones (excluding diaryl/α,β-unsaturated/α-hetero) is 1. The predicted molar refractivity (Wildman–Crippen MR) is 141 cm³/mol. The summed E-state index contributed by atoms with van der Waals surface area (Å²) >= 11 is 0. The van der Waals surface area contributed by atoms with Crippen molar-refractivity contribution < 1.29 is 14.5 Å². The van der Waals surface area contributed by atoms with Crippen molar-refractivity contribution in [3.05, 3.63) is 60.7 Å². The second-order valence-electron chi connectivity index (χ2n) is 9.19. The van der Waals surface area contributed by atoms with Crippen LogP contribution in [0.1, 0.15) is 90.4 Å². The van der Waals surface area contributed by atoms with E-state index in [9.17, 15) is 9.36 Å². The molecular weight excluding hydrogens is 427 g/mol. The van der Waals surface area contributed by atoms with Crippen LogP contribution in [0.3, 0.4) is 0 Å². The lowest BCUT2D eigenvalue weighted by Gasteiger charge is -2.25. The van der Waals surface area contributed by atoms with Gasteiger partial charge in [0.1, 0.15) is 5.78 Å². The van der Waals surface area contributed by atoms with Crippen LogP contribution >= 0.6 is 7.14 Å². The second kappa shape index (κ2) is 16.0. The third-order valence-electron chi connectivity index (χ3n) is 6.62. The van der Waals surface area contributed by atoms with Gasteiger partial charge in [-0.25, -0.2) is 0 Å². The van der Waals surface area contributed by atoms with Gasteiger partial charge in [0.2, 0.25) is 0 Å². The Labute approximate surface area is 201 Å².